The predicted octanol–water partition coefficient (Wildman–Crippen LogP) is 1.76. The van der Waals surface area contributed by atoms with Gasteiger partial charge >= 0.3 is 0 Å². The minimum atomic E-state index is -0.231. The summed E-state index contributed by atoms with van der Waals surface area (Å²) >= 11 is 0. The lowest BCUT2D eigenvalue weighted by Crippen LogP contribution is -2.29. The van der Waals surface area contributed by atoms with Crippen molar-refractivity contribution in [1.29, 1.82) is 0 Å². The molecule has 0 aliphatic carbocycles. The van der Waals surface area contributed by atoms with E-state index in [1.165, 1.54) is 18.3 Å². The summed E-state index contributed by atoms with van der Waals surface area (Å²) in [6.07, 6.45) is 1.40. The lowest BCUT2D eigenvalue weighted by atomic mass is 10.2. The summed E-state index contributed by atoms with van der Waals surface area (Å²) in [5.74, 6) is 0.538. The smallest absolute Gasteiger partial charge is 0.252 e. The van der Waals surface area contributed by atoms with Crippen LogP contribution in [-0.4, -0.2) is 29.0 Å². The molecule has 0 bridgehead atoms. The molecule has 0 radical (unpaired) electrons. The van der Waals surface area contributed by atoms with Gasteiger partial charge in [0, 0.05) is 30.7 Å². The van der Waals surface area contributed by atoms with Gasteiger partial charge < -0.3 is 15.6 Å². The van der Waals surface area contributed by atoms with Crippen LogP contribution in [0.3, 0.4) is 0 Å². The van der Waals surface area contributed by atoms with E-state index >= 15 is 0 Å². The number of nitrogens with one attached hydrogen (secondary N) is 3. The summed E-state index contributed by atoms with van der Waals surface area (Å²) in [6.45, 7) is 1.01. The second-order valence-electron chi connectivity index (χ2n) is 5.01. The van der Waals surface area contributed by atoms with E-state index < -0.39 is 0 Å². The van der Waals surface area contributed by atoms with Crippen molar-refractivity contribution in [2.24, 2.45) is 0 Å². The van der Waals surface area contributed by atoms with E-state index in [1.807, 2.05) is 36.4 Å². The minimum absolute atomic E-state index is 0.227. The number of fused-ring (bicyclic) bond motifs is 1. The fourth-order valence-corrected chi connectivity index (χ4v) is 2.18. The number of nitrogens with zero attached hydrogens (tertiary/aromatic N) is 1. The van der Waals surface area contributed by atoms with Gasteiger partial charge in [-0.2, -0.15) is 0 Å². The van der Waals surface area contributed by atoms with E-state index in [2.05, 4.69) is 20.6 Å². The molecule has 1 amide bonds. The Morgan fingerprint density at radius 3 is 2.74 bits per heavy atom. The normalized spacial score (nSPS) is 10.4. The Hall–Kier alpha value is -3.15. The van der Waals surface area contributed by atoms with E-state index in [0.717, 1.165) is 16.7 Å². The first-order valence-corrected chi connectivity index (χ1v) is 7.29. The molecule has 3 rings (SSSR count). The summed E-state index contributed by atoms with van der Waals surface area (Å²) in [4.78, 5) is 29.8. The molecule has 1 aromatic carbocycles. The lowest BCUT2D eigenvalue weighted by Gasteiger charge is -2.08. The molecular formula is C17H16N4O2. The standard InChI is InChI=1S/C17H16N4O2/c22-16-8-6-13(11-20-16)17(23)19-10-9-18-15-7-5-12-3-1-2-4-14(12)21-15/h1-8,11H,9-10H2,(H,18,21)(H,19,23)(H,20,22). The summed E-state index contributed by atoms with van der Waals surface area (Å²) in [6, 6.07) is 14.6. The highest BCUT2D eigenvalue weighted by atomic mass is 16.1. The molecule has 0 unspecified atom stereocenters. The van der Waals surface area contributed by atoms with Crippen molar-refractivity contribution in [3.8, 4) is 0 Å². The number of amides is 1. The first kappa shape index (κ1) is 14.8. The summed E-state index contributed by atoms with van der Waals surface area (Å²) in [5.41, 5.74) is 1.12. The second-order valence-corrected chi connectivity index (χ2v) is 5.01. The fraction of sp³-hybridized carbons (Fsp3) is 0.118. The first-order valence-electron chi connectivity index (χ1n) is 7.29. The zero-order chi connectivity index (χ0) is 16.1. The van der Waals surface area contributed by atoms with Crippen LogP contribution in [0.1, 0.15) is 10.4 Å². The van der Waals surface area contributed by atoms with Gasteiger partial charge in [-0.15, -0.1) is 0 Å². The number of hydrogen-bond acceptors (Lipinski definition) is 4. The number of benzene rings is 1. The monoisotopic (exact) mass is 308 g/mol. The van der Waals surface area contributed by atoms with Crippen LogP contribution >= 0.6 is 0 Å². The molecule has 0 spiro atoms. The van der Waals surface area contributed by atoms with E-state index in [1.54, 1.807) is 0 Å². The zero-order valence-electron chi connectivity index (χ0n) is 12.4. The van der Waals surface area contributed by atoms with Crippen molar-refractivity contribution in [3.05, 3.63) is 70.6 Å². The van der Waals surface area contributed by atoms with Gasteiger partial charge in [-0.1, -0.05) is 18.2 Å². The maximum Gasteiger partial charge on any atom is 0.252 e. The number of carbonyl (C=O) groups is 1. The van der Waals surface area contributed by atoms with Gasteiger partial charge in [0.15, 0.2) is 0 Å². The number of hydrogen-bond donors (Lipinski definition) is 3. The molecule has 2 heterocycles. The molecule has 3 N–H and O–H groups in total. The summed E-state index contributed by atoms with van der Waals surface area (Å²) in [7, 11) is 0. The maximum absolute atomic E-state index is 11.9. The van der Waals surface area contributed by atoms with Crippen LogP contribution in [0.2, 0.25) is 0 Å². The number of H-pyrrole nitrogens is 1. The van der Waals surface area contributed by atoms with E-state index in [9.17, 15) is 9.59 Å². The SMILES string of the molecule is O=C(NCCNc1ccc2ccccc2n1)c1ccc(=O)[nH]c1. The summed E-state index contributed by atoms with van der Waals surface area (Å²) in [5, 5.41) is 7.03. The van der Waals surface area contributed by atoms with Gasteiger partial charge in [0.1, 0.15) is 5.82 Å². The maximum atomic E-state index is 11.9. The number of aromatic amines is 1. The molecule has 0 fully saturated rings. The van der Waals surface area contributed by atoms with Gasteiger partial charge in [-0.25, -0.2) is 4.98 Å². The van der Waals surface area contributed by atoms with Crippen molar-refractivity contribution in [3.63, 3.8) is 0 Å². The average Bonchev–Trinajstić information content (AvgIpc) is 2.59. The zero-order valence-corrected chi connectivity index (χ0v) is 12.4. The van der Waals surface area contributed by atoms with E-state index in [4.69, 9.17) is 0 Å². The molecule has 116 valence electrons. The van der Waals surface area contributed by atoms with Gasteiger partial charge in [-0.3, -0.25) is 9.59 Å². The molecule has 3 aromatic rings. The largest absolute Gasteiger partial charge is 0.368 e. The highest BCUT2D eigenvalue weighted by Gasteiger charge is 2.04. The van der Waals surface area contributed by atoms with Crippen LogP contribution in [-0.2, 0) is 0 Å². The molecule has 0 saturated carbocycles. The van der Waals surface area contributed by atoms with Crippen LogP contribution in [0.25, 0.3) is 10.9 Å². The predicted molar refractivity (Wildman–Crippen MR) is 89.6 cm³/mol. The lowest BCUT2D eigenvalue weighted by molar-refractivity contribution is 0.0955. The molecule has 0 saturated heterocycles. The third-order valence-electron chi connectivity index (χ3n) is 3.36. The second kappa shape index (κ2) is 6.74. The van der Waals surface area contributed by atoms with E-state index in [0.29, 0.717) is 18.7 Å². The molecular weight excluding hydrogens is 292 g/mol. The van der Waals surface area contributed by atoms with Crippen molar-refractivity contribution in [2.75, 3.05) is 18.4 Å². The average molecular weight is 308 g/mol. The molecule has 0 aliphatic rings. The fourth-order valence-electron chi connectivity index (χ4n) is 2.18. The third kappa shape index (κ3) is 3.74. The quantitative estimate of drug-likeness (QED) is 0.627. The minimum Gasteiger partial charge on any atom is -0.368 e. The Bertz CT molecular complexity index is 868. The Labute approximate surface area is 132 Å². The molecule has 23 heavy (non-hydrogen) atoms. The third-order valence-corrected chi connectivity index (χ3v) is 3.36. The number of carbonyl (C=O) groups excluding carboxylic acids is 1. The topological polar surface area (TPSA) is 86.9 Å². The number of pyridine rings is 2. The molecule has 0 aliphatic heterocycles. The molecule has 2 aromatic heterocycles. The Morgan fingerprint density at radius 1 is 1.04 bits per heavy atom. The van der Waals surface area contributed by atoms with Crippen molar-refractivity contribution >= 4 is 22.6 Å². The molecule has 6 heteroatoms. The van der Waals surface area contributed by atoms with Gasteiger partial charge in [0.05, 0.1) is 11.1 Å². The van der Waals surface area contributed by atoms with Crippen LogP contribution < -0.4 is 16.2 Å². The summed E-state index contributed by atoms with van der Waals surface area (Å²) < 4.78 is 0. The van der Waals surface area contributed by atoms with Crippen molar-refractivity contribution in [2.45, 2.75) is 0 Å². The van der Waals surface area contributed by atoms with Gasteiger partial charge in [0.25, 0.3) is 5.91 Å². The van der Waals surface area contributed by atoms with Crippen LogP contribution in [0.15, 0.2) is 59.5 Å². The molecule has 0 atom stereocenters. The number of para-hydroxylation sites is 1. The van der Waals surface area contributed by atoms with E-state index in [-0.39, 0.29) is 11.5 Å². The highest BCUT2D eigenvalue weighted by Crippen LogP contribution is 2.14. The molecule has 6 nitrogen and oxygen atoms in total. The van der Waals surface area contributed by atoms with Crippen molar-refractivity contribution < 1.29 is 4.79 Å². The van der Waals surface area contributed by atoms with Gasteiger partial charge in [-0.05, 0) is 24.3 Å². The number of anilines is 1. The number of rotatable bonds is 5. The van der Waals surface area contributed by atoms with Crippen LogP contribution in [0.5, 0.6) is 0 Å². The first-order chi connectivity index (χ1) is 11.2. The number of aromatic nitrogens is 2. The van der Waals surface area contributed by atoms with Gasteiger partial charge in [0.2, 0.25) is 5.56 Å². The van der Waals surface area contributed by atoms with Crippen LogP contribution in [0, 0.1) is 0 Å². The Balaban J connectivity index is 1.51. The van der Waals surface area contributed by atoms with Crippen LogP contribution in [0.4, 0.5) is 5.82 Å². The Kier molecular flexibility index (Phi) is 4.33. The van der Waals surface area contributed by atoms with Crippen molar-refractivity contribution in [1.82, 2.24) is 15.3 Å². The Morgan fingerprint density at radius 2 is 1.91 bits per heavy atom. The highest BCUT2D eigenvalue weighted by molar-refractivity contribution is 5.93.